The van der Waals surface area contributed by atoms with Crippen molar-refractivity contribution < 1.29 is 14.2 Å². The molecule has 0 N–H and O–H groups in total. The Labute approximate surface area is 254 Å². The van der Waals surface area contributed by atoms with Crippen LogP contribution in [-0.4, -0.2) is 106 Å². The molecule has 0 aromatic carbocycles. The molecule has 6 nitrogen and oxygen atoms in total. The number of ether oxygens (including phenoxy) is 3. The van der Waals surface area contributed by atoms with Crippen molar-refractivity contribution in [2.24, 2.45) is 0 Å². The second-order valence-electron chi connectivity index (χ2n) is 18.2. The molecule has 2 unspecified atom stereocenters. The summed E-state index contributed by atoms with van der Waals surface area (Å²) >= 11 is 0. The van der Waals surface area contributed by atoms with Gasteiger partial charge in [-0.2, -0.15) is 0 Å². The van der Waals surface area contributed by atoms with Crippen LogP contribution in [0.3, 0.4) is 0 Å². The second-order valence-corrected chi connectivity index (χ2v) is 18.2. The van der Waals surface area contributed by atoms with Crippen LogP contribution < -0.4 is 0 Å². The van der Waals surface area contributed by atoms with Crippen molar-refractivity contribution in [2.75, 3.05) is 21.1 Å². The van der Waals surface area contributed by atoms with E-state index in [0.29, 0.717) is 0 Å². The van der Waals surface area contributed by atoms with E-state index in [1.54, 1.807) is 0 Å². The molecule has 0 radical (unpaired) electrons. The zero-order valence-electron chi connectivity index (χ0n) is 29.7. The Kier molecular flexibility index (Phi) is 9.01. The third-order valence-corrected chi connectivity index (χ3v) is 12.4. The van der Waals surface area contributed by atoms with Gasteiger partial charge in [-0.05, 0) is 156 Å². The lowest BCUT2D eigenvalue weighted by Crippen LogP contribution is -2.62. The van der Waals surface area contributed by atoms with E-state index < -0.39 is 0 Å². The Morgan fingerprint density at radius 2 is 0.610 bits per heavy atom. The molecule has 0 spiro atoms. The van der Waals surface area contributed by atoms with Crippen molar-refractivity contribution in [1.29, 1.82) is 0 Å². The van der Waals surface area contributed by atoms with Crippen molar-refractivity contribution >= 4 is 0 Å². The van der Waals surface area contributed by atoms with E-state index in [1.165, 1.54) is 0 Å². The molecular weight excluding hydrogens is 510 g/mol. The molecule has 41 heavy (non-hydrogen) atoms. The minimum Gasteiger partial charge on any atom is -0.372 e. The van der Waals surface area contributed by atoms with E-state index in [2.05, 4.69) is 119 Å². The first-order chi connectivity index (χ1) is 18.5. The monoisotopic (exact) mass is 578 g/mol. The fraction of sp³-hybridized carbons (Fsp3) is 1.00. The quantitative estimate of drug-likeness (QED) is 0.342. The first-order valence-electron chi connectivity index (χ1n) is 16.7. The maximum absolute atomic E-state index is 7.23. The molecule has 2 atom stereocenters. The van der Waals surface area contributed by atoms with Crippen LogP contribution in [0.4, 0.5) is 0 Å². The van der Waals surface area contributed by atoms with Crippen molar-refractivity contribution in [2.45, 2.75) is 204 Å². The molecule has 0 aromatic heterocycles. The zero-order chi connectivity index (χ0) is 31.0. The highest BCUT2D eigenvalue weighted by Gasteiger charge is 2.51. The highest BCUT2D eigenvalue weighted by atomic mass is 16.6. The average Bonchev–Trinajstić information content (AvgIpc) is 3.13. The van der Waals surface area contributed by atoms with Gasteiger partial charge >= 0.3 is 0 Å². The van der Waals surface area contributed by atoms with Crippen LogP contribution >= 0.6 is 0 Å². The van der Waals surface area contributed by atoms with Crippen molar-refractivity contribution in [1.82, 2.24) is 14.7 Å². The van der Waals surface area contributed by atoms with Crippen LogP contribution in [0.15, 0.2) is 0 Å². The van der Waals surface area contributed by atoms with Gasteiger partial charge in [-0.25, -0.2) is 0 Å². The lowest BCUT2D eigenvalue weighted by Gasteiger charge is -2.55. The molecule has 1 saturated carbocycles. The summed E-state index contributed by atoms with van der Waals surface area (Å²) < 4.78 is 21.5. The standard InChI is InChI=1S/C35H67N3O3/c1-30(2)18-24(19-31(3,4)36(30)13)39-27-16-17-28(40-25-20-32(5,6)37(14)33(7,8)21-25)29(27)41-26-22-34(9,10)38(15)35(11,12)23-26/h24-29H,16-23H2,1-15H3. The Balaban J connectivity index is 1.56. The fourth-order valence-corrected chi connectivity index (χ4v) is 9.21. The van der Waals surface area contributed by atoms with E-state index in [0.717, 1.165) is 51.4 Å². The summed E-state index contributed by atoms with van der Waals surface area (Å²) in [6, 6.07) is 0. The van der Waals surface area contributed by atoms with Gasteiger partial charge in [-0.3, -0.25) is 14.7 Å². The number of nitrogens with zero attached hydrogens (tertiary/aromatic N) is 3. The maximum Gasteiger partial charge on any atom is 0.110 e. The van der Waals surface area contributed by atoms with Crippen molar-refractivity contribution in [3.63, 3.8) is 0 Å². The molecule has 4 fully saturated rings. The average molecular weight is 578 g/mol. The number of piperidine rings is 3. The van der Waals surface area contributed by atoms with E-state index in [9.17, 15) is 0 Å². The molecule has 1 aliphatic carbocycles. The van der Waals surface area contributed by atoms with Gasteiger partial charge in [-0.1, -0.05) is 0 Å². The van der Waals surface area contributed by atoms with Gasteiger partial charge in [-0.15, -0.1) is 0 Å². The molecule has 3 saturated heterocycles. The van der Waals surface area contributed by atoms with E-state index in [4.69, 9.17) is 14.2 Å². The normalized spacial score (nSPS) is 36.5. The minimum absolute atomic E-state index is 0.0215. The molecule has 0 aromatic rings. The molecule has 3 aliphatic heterocycles. The lowest BCUT2D eigenvalue weighted by molar-refractivity contribution is -0.202. The van der Waals surface area contributed by atoms with Gasteiger partial charge < -0.3 is 14.2 Å². The number of rotatable bonds is 6. The first-order valence-corrected chi connectivity index (χ1v) is 16.7. The SMILES string of the molecule is CN1C(C)(C)CC(OC2CCC(OC3CC(C)(C)N(C)C(C)(C)C3)C2OC2CC(C)(C)N(C)C(C)(C)C2)CC1(C)C. The topological polar surface area (TPSA) is 37.4 Å². The predicted molar refractivity (Wildman–Crippen MR) is 171 cm³/mol. The van der Waals surface area contributed by atoms with Gasteiger partial charge in [0.15, 0.2) is 0 Å². The van der Waals surface area contributed by atoms with Gasteiger partial charge in [0.25, 0.3) is 0 Å². The Morgan fingerprint density at radius 3 is 0.854 bits per heavy atom. The van der Waals surface area contributed by atoms with Crippen LogP contribution in [0, 0.1) is 0 Å². The molecule has 6 heteroatoms. The Bertz CT molecular complexity index is 820. The lowest BCUT2D eigenvalue weighted by atomic mass is 9.78. The molecule has 0 amide bonds. The van der Waals surface area contributed by atoms with Crippen LogP contribution in [0.1, 0.15) is 134 Å². The summed E-state index contributed by atoms with van der Waals surface area (Å²) in [5.74, 6) is 0. The number of likely N-dealkylation sites (tertiary alicyclic amines) is 3. The first kappa shape index (κ1) is 33.6. The second kappa shape index (κ2) is 11.0. The third-order valence-electron chi connectivity index (χ3n) is 12.4. The molecule has 4 aliphatic rings. The highest BCUT2D eigenvalue weighted by Crippen LogP contribution is 2.45. The molecule has 4 rings (SSSR count). The Morgan fingerprint density at radius 1 is 0.390 bits per heavy atom. The smallest absolute Gasteiger partial charge is 0.110 e. The summed E-state index contributed by atoms with van der Waals surface area (Å²) in [6.45, 7) is 28.4. The minimum atomic E-state index is -0.0215. The van der Waals surface area contributed by atoms with E-state index >= 15 is 0 Å². The van der Waals surface area contributed by atoms with Crippen LogP contribution in [0.5, 0.6) is 0 Å². The summed E-state index contributed by atoms with van der Waals surface area (Å²) in [6.07, 6.45) is 9.10. The largest absolute Gasteiger partial charge is 0.372 e. The van der Waals surface area contributed by atoms with Crippen LogP contribution in [0.25, 0.3) is 0 Å². The summed E-state index contributed by atoms with van der Waals surface area (Å²) in [7, 11) is 6.82. The van der Waals surface area contributed by atoms with Gasteiger partial charge in [0, 0.05) is 33.2 Å². The van der Waals surface area contributed by atoms with Gasteiger partial charge in [0.1, 0.15) is 6.10 Å². The van der Waals surface area contributed by atoms with Gasteiger partial charge in [0.2, 0.25) is 0 Å². The summed E-state index contributed by atoms with van der Waals surface area (Å²) in [5, 5.41) is 0. The Hall–Kier alpha value is -0.240. The molecule has 0 bridgehead atoms. The number of hydrogen-bond acceptors (Lipinski definition) is 6. The van der Waals surface area contributed by atoms with Gasteiger partial charge in [0.05, 0.1) is 30.5 Å². The summed E-state index contributed by atoms with van der Waals surface area (Å²) in [4.78, 5) is 7.63. The molecular formula is C35H67N3O3. The number of hydrogen-bond donors (Lipinski definition) is 0. The van der Waals surface area contributed by atoms with Crippen molar-refractivity contribution in [3.8, 4) is 0 Å². The predicted octanol–water partition coefficient (Wildman–Crippen LogP) is 6.89. The highest BCUT2D eigenvalue weighted by molar-refractivity contribution is 5.04. The molecule has 3 heterocycles. The fourth-order valence-electron chi connectivity index (χ4n) is 9.21. The van der Waals surface area contributed by atoms with Crippen LogP contribution in [0.2, 0.25) is 0 Å². The zero-order valence-corrected chi connectivity index (χ0v) is 29.7. The van der Waals surface area contributed by atoms with Crippen LogP contribution in [-0.2, 0) is 14.2 Å². The summed E-state index contributed by atoms with van der Waals surface area (Å²) in [5.41, 5.74) is 0.577. The molecule has 240 valence electrons. The van der Waals surface area contributed by atoms with E-state index in [1.807, 2.05) is 0 Å². The van der Waals surface area contributed by atoms with E-state index in [-0.39, 0.29) is 69.9 Å². The third kappa shape index (κ3) is 6.88. The van der Waals surface area contributed by atoms with Crippen molar-refractivity contribution in [3.05, 3.63) is 0 Å². The maximum atomic E-state index is 7.23.